The summed E-state index contributed by atoms with van der Waals surface area (Å²) < 4.78 is 29.5. The molecule has 0 spiro atoms. The van der Waals surface area contributed by atoms with Crippen molar-refractivity contribution < 1.29 is 28.3 Å². The van der Waals surface area contributed by atoms with Gasteiger partial charge in [-0.1, -0.05) is 6.07 Å². The Morgan fingerprint density at radius 1 is 1.06 bits per heavy atom. The highest BCUT2D eigenvalue weighted by atomic mass is 19.1. The van der Waals surface area contributed by atoms with Gasteiger partial charge >= 0.3 is 5.97 Å². The lowest BCUT2D eigenvalue weighted by atomic mass is 10.1. The summed E-state index contributed by atoms with van der Waals surface area (Å²) in [6, 6.07) is 16.6. The molecule has 0 unspecified atom stereocenters. The van der Waals surface area contributed by atoms with Crippen LogP contribution in [0.5, 0.6) is 11.5 Å². The standard InChI is InChI=1S/C24H17FN2O6/c1-31-22-13-16(4-11-21(22)32-14-15-2-9-19(10-3-15)27(29)30)12-20-24(28)33-23(26-20)17-5-7-18(25)8-6-17/h2-13H,14H2,1H3/b20-12-. The number of ether oxygens (including phenoxy) is 3. The summed E-state index contributed by atoms with van der Waals surface area (Å²) in [5.41, 5.74) is 1.97. The molecule has 0 aliphatic carbocycles. The molecule has 0 atom stereocenters. The van der Waals surface area contributed by atoms with Crippen molar-refractivity contribution in [1.29, 1.82) is 0 Å². The van der Waals surface area contributed by atoms with Gasteiger partial charge in [0.1, 0.15) is 12.4 Å². The van der Waals surface area contributed by atoms with Crippen LogP contribution >= 0.6 is 0 Å². The summed E-state index contributed by atoms with van der Waals surface area (Å²) in [6.07, 6.45) is 1.54. The van der Waals surface area contributed by atoms with Gasteiger partial charge in [-0.3, -0.25) is 10.1 Å². The Hall–Kier alpha value is -4.53. The molecular formula is C24H17FN2O6. The van der Waals surface area contributed by atoms with Gasteiger partial charge in [0.2, 0.25) is 5.90 Å². The van der Waals surface area contributed by atoms with E-state index in [0.29, 0.717) is 22.6 Å². The van der Waals surface area contributed by atoms with E-state index in [1.165, 1.54) is 43.5 Å². The lowest BCUT2D eigenvalue weighted by Gasteiger charge is -2.11. The number of nitrogens with zero attached hydrogens (tertiary/aromatic N) is 2. The normalized spacial score (nSPS) is 14.1. The predicted octanol–water partition coefficient (Wildman–Crippen LogP) is 4.67. The van der Waals surface area contributed by atoms with Crippen LogP contribution in [0, 0.1) is 15.9 Å². The number of esters is 1. The fourth-order valence-electron chi connectivity index (χ4n) is 3.05. The summed E-state index contributed by atoms with van der Waals surface area (Å²) in [4.78, 5) is 26.7. The number of methoxy groups -OCH3 is 1. The van der Waals surface area contributed by atoms with E-state index in [2.05, 4.69) is 4.99 Å². The van der Waals surface area contributed by atoms with E-state index in [9.17, 15) is 19.3 Å². The molecule has 0 aromatic heterocycles. The third kappa shape index (κ3) is 5.04. The van der Waals surface area contributed by atoms with E-state index in [1.54, 1.807) is 36.4 Å². The van der Waals surface area contributed by atoms with E-state index in [0.717, 1.165) is 5.56 Å². The zero-order valence-electron chi connectivity index (χ0n) is 17.4. The molecule has 1 aliphatic heterocycles. The Labute approximate surface area is 187 Å². The monoisotopic (exact) mass is 448 g/mol. The summed E-state index contributed by atoms with van der Waals surface area (Å²) >= 11 is 0. The highest BCUT2D eigenvalue weighted by molar-refractivity contribution is 6.12. The molecule has 0 amide bonds. The van der Waals surface area contributed by atoms with Gasteiger partial charge in [-0.2, -0.15) is 0 Å². The first-order chi connectivity index (χ1) is 15.9. The maximum absolute atomic E-state index is 13.1. The minimum absolute atomic E-state index is 0.00408. The van der Waals surface area contributed by atoms with Crippen molar-refractivity contribution in [2.45, 2.75) is 6.61 Å². The van der Waals surface area contributed by atoms with Gasteiger partial charge in [-0.25, -0.2) is 14.2 Å². The molecule has 0 bridgehead atoms. The quantitative estimate of drug-likeness (QED) is 0.225. The average molecular weight is 448 g/mol. The zero-order valence-corrected chi connectivity index (χ0v) is 17.4. The lowest BCUT2D eigenvalue weighted by molar-refractivity contribution is -0.384. The van der Waals surface area contributed by atoms with E-state index < -0.39 is 16.7 Å². The third-order valence-corrected chi connectivity index (χ3v) is 4.74. The molecule has 1 aliphatic rings. The van der Waals surface area contributed by atoms with Gasteiger partial charge in [-0.15, -0.1) is 0 Å². The maximum Gasteiger partial charge on any atom is 0.363 e. The summed E-state index contributed by atoms with van der Waals surface area (Å²) in [7, 11) is 1.49. The van der Waals surface area contributed by atoms with Crippen LogP contribution in [0.4, 0.5) is 10.1 Å². The molecule has 8 nitrogen and oxygen atoms in total. The second kappa shape index (κ2) is 9.31. The summed E-state index contributed by atoms with van der Waals surface area (Å²) in [6.45, 7) is 0.187. The van der Waals surface area contributed by atoms with E-state index >= 15 is 0 Å². The molecule has 0 saturated heterocycles. The summed E-state index contributed by atoms with van der Waals surface area (Å²) in [5.74, 6) is -0.0293. The van der Waals surface area contributed by atoms with Crippen LogP contribution in [-0.4, -0.2) is 23.9 Å². The number of benzene rings is 3. The van der Waals surface area contributed by atoms with Gasteiger partial charge in [0.05, 0.1) is 12.0 Å². The smallest absolute Gasteiger partial charge is 0.363 e. The number of cyclic esters (lactones) is 1. The Kier molecular flexibility index (Phi) is 6.12. The van der Waals surface area contributed by atoms with E-state index in [4.69, 9.17) is 14.2 Å². The lowest BCUT2D eigenvalue weighted by Crippen LogP contribution is -2.05. The van der Waals surface area contributed by atoms with Crippen LogP contribution in [0.25, 0.3) is 6.08 Å². The number of nitro groups is 1. The molecule has 9 heteroatoms. The highest BCUT2D eigenvalue weighted by Crippen LogP contribution is 2.30. The molecule has 33 heavy (non-hydrogen) atoms. The molecule has 166 valence electrons. The van der Waals surface area contributed by atoms with Gasteiger partial charge in [0, 0.05) is 17.7 Å². The fraction of sp³-hybridized carbons (Fsp3) is 0.0833. The third-order valence-electron chi connectivity index (χ3n) is 4.74. The number of carbonyl (C=O) groups excluding carboxylic acids is 1. The first-order valence-corrected chi connectivity index (χ1v) is 9.75. The van der Waals surface area contributed by atoms with Crippen molar-refractivity contribution in [3.63, 3.8) is 0 Å². The fourth-order valence-corrected chi connectivity index (χ4v) is 3.05. The van der Waals surface area contributed by atoms with Gasteiger partial charge in [0.15, 0.2) is 17.2 Å². The molecule has 0 saturated carbocycles. The van der Waals surface area contributed by atoms with Crippen molar-refractivity contribution in [2.75, 3.05) is 7.11 Å². The first kappa shape index (κ1) is 21.7. The number of halogens is 1. The van der Waals surface area contributed by atoms with Crippen molar-refractivity contribution in [3.8, 4) is 11.5 Å². The first-order valence-electron chi connectivity index (χ1n) is 9.75. The van der Waals surface area contributed by atoms with Crippen LogP contribution in [0.15, 0.2) is 77.4 Å². The maximum atomic E-state index is 13.1. The van der Waals surface area contributed by atoms with E-state index in [1.807, 2.05) is 0 Å². The topological polar surface area (TPSA) is 100 Å². The van der Waals surface area contributed by atoms with Crippen molar-refractivity contribution in [3.05, 3.63) is 105 Å². The SMILES string of the molecule is COc1cc(/C=C2\N=C(c3ccc(F)cc3)OC2=O)ccc1OCc1ccc([N+](=O)[O-])cc1. The van der Waals surface area contributed by atoms with Crippen LogP contribution in [0.3, 0.4) is 0 Å². The largest absolute Gasteiger partial charge is 0.493 e. The Balaban J connectivity index is 1.50. The molecule has 0 N–H and O–H groups in total. The second-order valence-corrected chi connectivity index (χ2v) is 6.97. The predicted molar refractivity (Wildman–Crippen MR) is 117 cm³/mol. The number of nitro benzene ring substituents is 1. The highest BCUT2D eigenvalue weighted by Gasteiger charge is 2.24. The second-order valence-electron chi connectivity index (χ2n) is 6.97. The molecule has 0 fully saturated rings. The molecule has 3 aromatic carbocycles. The molecule has 3 aromatic rings. The van der Waals surface area contributed by atoms with Gasteiger partial charge in [0.25, 0.3) is 5.69 Å². The number of rotatable bonds is 7. The summed E-state index contributed by atoms with van der Waals surface area (Å²) in [5, 5.41) is 10.8. The molecular weight excluding hydrogens is 431 g/mol. The number of aliphatic imine (C=N–C) groups is 1. The Bertz CT molecular complexity index is 1270. The van der Waals surface area contributed by atoms with Crippen LogP contribution < -0.4 is 9.47 Å². The van der Waals surface area contributed by atoms with Crippen molar-refractivity contribution >= 4 is 23.6 Å². The number of hydrogen-bond acceptors (Lipinski definition) is 7. The Morgan fingerprint density at radius 3 is 2.45 bits per heavy atom. The molecule has 4 rings (SSSR count). The zero-order chi connectivity index (χ0) is 23.4. The van der Waals surface area contributed by atoms with Crippen LogP contribution in [0.1, 0.15) is 16.7 Å². The number of carbonyl (C=O) groups is 1. The number of hydrogen-bond donors (Lipinski definition) is 0. The number of non-ortho nitro benzene ring substituents is 1. The van der Waals surface area contributed by atoms with E-state index in [-0.39, 0.29) is 23.9 Å². The Morgan fingerprint density at radius 2 is 1.79 bits per heavy atom. The molecule has 1 heterocycles. The van der Waals surface area contributed by atoms with Crippen LogP contribution in [0.2, 0.25) is 0 Å². The minimum atomic E-state index is -0.619. The minimum Gasteiger partial charge on any atom is -0.493 e. The average Bonchev–Trinajstić information content (AvgIpc) is 3.18. The molecule has 0 radical (unpaired) electrons. The van der Waals surface area contributed by atoms with Gasteiger partial charge < -0.3 is 14.2 Å². The van der Waals surface area contributed by atoms with Crippen molar-refractivity contribution in [1.82, 2.24) is 0 Å². The van der Waals surface area contributed by atoms with Crippen LogP contribution in [-0.2, 0) is 16.1 Å². The van der Waals surface area contributed by atoms with Gasteiger partial charge in [-0.05, 0) is 65.7 Å². The van der Waals surface area contributed by atoms with Crippen molar-refractivity contribution in [2.24, 2.45) is 4.99 Å².